The fraction of sp³-hybridized carbons (Fsp3) is 0.462. The average molecular weight is 785 g/mol. The van der Waals surface area contributed by atoms with Crippen LogP contribution in [-0.2, 0) is 24.8 Å². The number of hydrogen-bond donors (Lipinski definition) is 2. The molecule has 3 aromatic rings. The molecule has 3 aromatic carbocycles. The van der Waals surface area contributed by atoms with E-state index in [9.17, 15) is 21.6 Å². The first-order chi connectivity index (χ1) is 25.3. The molecule has 0 saturated heterocycles. The van der Waals surface area contributed by atoms with E-state index in [0.717, 1.165) is 42.3 Å². The van der Waals surface area contributed by atoms with Crippen molar-refractivity contribution in [1.29, 1.82) is 0 Å². The van der Waals surface area contributed by atoms with Gasteiger partial charge in [0.1, 0.15) is 9.79 Å². The van der Waals surface area contributed by atoms with Gasteiger partial charge in [-0.15, -0.1) is 0 Å². The van der Waals surface area contributed by atoms with Crippen molar-refractivity contribution in [3.05, 3.63) is 71.2 Å². The van der Waals surface area contributed by atoms with Crippen LogP contribution in [-0.4, -0.2) is 65.3 Å². The number of aliphatic imine (C=N–C) groups is 2. The van der Waals surface area contributed by atoms with Crippen LogP contribution in [0.1, 0.15) is 90.5 Å². The summed E-state index contributed by atoms with van der Waals surface area (Å²) in [5, 5.41) is 2.78. The fourth-order valence-electron chi connectivity index (χ4n) is 6.15. The Bertz CT molecular complexity index is 2000. The highest BCUT2D eigenvalue weighted by Crippen LogP contribution is 2.33. The minimum Gasteiger partial charge on any atom is -0.372 e. The summed E-state index contributed by atoms with van der Waals surface area (Å²) in [6.07, 6.45) is 11.3. The van der Waals surface area contributed by atoms with Crippen LogP contribution in [0.5, 0.6) is 0 Å². The van der Waals surface area contributed by atoms with Gasteiger partial charge in [-0.3, -0.25) is 9.10 Å². The van der Waals surface area contributed by atoms with E-state index in [4.69, 9.17) is 11.6 Å². The Hall–Kier alpha value is -3.78. The SMILES string of the molecule is CCCCCCCCCCCCNS(=O)(=O)c1cc(NC(=O)C(=Nc2ccc(N(CC)CC)cc2)C2=Nc3ccccc3S(=O)(=O)N2C)c(C)cc1Cl. The third kappa shape index (κ3) is 10.9. The number of para-hydroxylation sites is 1. The summed E-state index contributed by atoms with van der Waals surface area (Å²) in [7, 11) is -6.77. The molecule has 53 heavy (non-hydrogen) atoms. The van der Waals surface area contributed by atoms with Gasteiger partial charge in [-0.05, 0) is 81.3 Å². The number of rotatable bonds is 20. The van der Waals surface area contributed by atoms with Gasteiger partial charge in [-0.1, -0.05) is 88.4 Å². The number of carbonyl (C=O) groups is 1. The Labute approximate surface area is 321 Å². The molecule has 0 radical (unpaired) electrons. The Balaban J connectivity index is 1.58. The first kappa shape index (κ1) is 42.0. The van der Waals surface area contributed by atoms with Crippen LogP contribution in [0.15, 0.2) is 80.4 Å². The number of amides is 1. The first-order valence-electron chi connectivity index (χ1n) is 18.6. The lowest BCUT2D eigenvalue weighted by Crippen LogP contribution is -2.44. The van der Waals surface area contributed by atoms with E-state index < -0.39 is 26.0 Å². The van der Waals surface area contributed by atoms with Gasteiger partial charge in [0.25, 0.3) is 15.9 Å². The molecular weight excluding hydrogens is 732 g/mol. The summed E-state index contributed by atoms with van der Waals surface area (Å²) in [6.45, 7) is 9.87. The molecule has 0 aliphatic carbocycles. The topological polar surface area (TPSA) is 141 Å². The van der Waals surface area contributed by atoms with E-state index >= 15 is 0 Å². The molecule has 0 bridgehead atoms. The molecule has 0 fully saturated rings. The predicted molar refractivity (Wildman–Crippen MR) is 217 cm³/mol. The molecular formula is C39H53ClN6O5S2. The van der Waals surface area contributed by atoms with Crippen molar-refractivity contribution < 1.29 is 21.6 Å². The van der Waals surface area contributed by atoms with Crippen LogP contribution in [0, 0.1) is 6.92 Å². The molecule has 14 heteroatoms. The lowest BCUT2D eigenvalue weighted by molar-refractivity contribution is -0.110. The highest BCUT2D eigenvalue weighted by molar-refractivity contribution is 7.90. The summed E-state index contributed by atoms with van der Waals surface area (Å²) in [5.74, 6) is -0.975. The van der Waals surface area contributed by atoms with Crippen LogP contribution in [0.4, 0.5) is 22.7 Å². The molecule has 288 valence electrons. The van der Waals surface area contributed by atoms with Crippen LogP contribution < -0.4 is 14.9 Å². The van der Waals surface area contributed by atoms with Gasteiger partial charge >= 0.3 is 0 Å². The Morgan fingerprint density at radius 3 is 2.11 bits per heavy atom. The number of unbranched alkanes of at least 4 members (excludes halogenated alkanes) is 9. The molecule has 1 heterocycles. The van der Waals surface area contributed by atoms with Gasteiger partial charge < -0.3 is 10.2 Å². The van der Waals surface area contributed by atoms with Crippen LogP contribution >= 0.6 is 11.6 Å². The van der Waals surface area contributed by atoms with Crippen LogP contribution in [0.3, 0.4) is 0 Å². The number of halogens is 1. The molecule has 4 rings (SSSR count). The zero-order valence-electron chi connectivity index (χ0n) is 31.5. The summed E-state index contributed by atoms with van der Waals surface area (Å²) in [4.78, 5) is 25.4. The quantitative estimate of drug-likeness (QED) is 0.0867. The second kappa shape index (κ2) is 19.5. The smallest absolute Gasteiger partial charge is 0.278 e. The van der Waals surface area contributed by atoms with Gasteiger partial charge in [-0.2, -0.15) is 0 Å². The summed E-state index contributed by atoms with van der Waals surface area (Å²) >= 11 is 6.46. The Morgan fingerprint density at radius 2 is 1.49 bits per heavy atom. The third-order valence-corrected chi connectivity index (χ3v) is 13.0. The minimum absolute atomic E-state index is 0.00304. The van der Waals surface area contributed by atoms with Gasteiger partial charge in [-0.25, -0.2) is 31.5 Å². The number of sulfonamides is 2. The monoisotopic (exact) mass is 784 g/mol. The summed E-state index contributed by atoms with van der Waals surface area (Å²) in [6, 6.07) is 16.3. The van der Waals surface area contributed by atoms with Crippen molar-refractivity contribution in [1.82, 2.24) is 9.03 Å². The fourth-order valence-corrected chi connectivity index (χ4v) is 9.10. The number of amidine groups is 1. The second-order valence-electron chi connectivity index (χ2n) is 13.2. The third-order valence-electron chi connectivity index (χ3n) is 9.31. The van der Waals surface area contributed by atoms with E-state index in [1.54, 1.807) is 37.3 Å². The zero-order valence-corrected chi connectivity index (χ0v) is 33.9. The maximum atomic E-state index is 14.2. The first-order valence-corrected chi connectivity index (χ1v) is 21.9. The molecule has 1 amide bonds. The van der Waals surface area contributed by atoms with Gasteiger partial charge in [0.05, 0.1) is 16.4 Å². The molecule has 1 aliphatic rings. The zero-order chi connectivity index (χ0) is 38.6. The molecule has 0 aromatic heterocycles. The van der Waals surface area contributed by atoms with E-state index in [1.807, 2.05) is 12.1 Å². The number of fused-ring (bicyclic) bond motifs is 1. The summed E-state index contributed by atoms with van der Waals surface area (Å²) < 4.78 is 57.5. The van der Waals surface area contributed by atoms with Crippen LogP contribution in [0.2, 0.25) is 5.02 Å². The number of carbonyl (C=O) groups excluding carboxylic acids is 1. The van der Waals surface area contributed by atoms with Crippen molar-refractivity contribution >= 4 is 71.9 Å². The normalized spacial score (nSPS) is 14.1. The van der Waals surface area contributed by atoms with Crippen molar-refractivity contribution in [2.24, 2.45) is 9.98 Å². The number of anilines is 2. The second-order valence-corrected chi connectivity index (χ2v) is 17.2. The molecule has 0 spiro atoms. The maximum absolute atomic E-state index is 14.2. The van der Waals surface area contributed by atoms with E-state index in [0.29, 0.717) is 17.7 Å². The number of aryl methyl sites for hydroxylation is 1. The lowest BCUT2D eigenvalue weighted by atomic mass is 10.1. The standard InChI is InChI=1S/C39H53ClN6O5S2/c1-6-9-10-11-12-13-14-15-16-19-26-41-52(48,49)36-28-34(29(4)27-32(36)40)44-39(47)37(42-30-22-24-31(25-23-30)46(7-2)8-3)38-43-33-20-17-18-21-35(33)53(50,51)45(38)5/h17-18,20-25,27-28,41H,6-16,19,26H2,1-5H3,(H,44,47). The molecule has 0 unspecified atom stereocenters. The van der Waals surface area contributed by atoms with Gasteiger partial charge in [0.15, 0.2) is 11.5 Å². The largest absolute Gasteiger partial charge is 0.372 e. The van der Waals surface area contributed by atoms with Gasteiger partial charge in [0, 0.05) is 38.1 Å². The number of nitrogens with zero attached hydrogens (tertiary/aromatic N) is 4. The molecule has 0 saturated carbocycles. The number of benzene rings is 3. The summed E-state index contributed by atoms with van der Waals surface area (Å²) in [5.41, 5.74) is 1.92. The lowest BCUT2D eigenvalue weighted by Gasteiger charge is -2.27. The molecule has 2 N–H and O–H groups in total. The predicted octanol–water partition coefficient (Wildman–Crippen LogP) is 8.77. The highest BCUT2D eigenvalue weighted by Gasteiger charge is 2.36. The minimum atomic E-state index is -4.07. The Morgan fingerprint density at radius 1 is 0.887 bits per heavy atom. The van der Waals surface area contributed by atoms with Crippen molar-refractivity contribution in [3.63, 3.8) is 0 Å². The molecule has 1 aliphatic heterocycles. The van der Waals surface area contributed by atoms with E-state index in [2.05, 4.69) is 45.7 Å². The van der Waals surface area contributed by atoms with Crippen LogP contribution in [0.25, 0.3) is 0 Å². The average Bonchev–Trinajstić information content (AvgIpc) is 3.13. The molecule has 11 nitrogen and oxygen atoms in total. The van der Waals surface area contributed by atoms with E-state index in [1.165, 1.54) is 63.8 Å². The van der Waals surface area contributed by atoms with Crippen molar-refractivity contribution in [3.8, 4) is 0 Å². The number of nitrogens with one attached hydrogen (secondary N) is 2. The maximum Gasteiger partial charge on any atom is 0.278 e. The van der Waals surface area contributed by atoms with E-state index in [-0.39, 0.29) is 44.3 Å². The highest BCUT2D eigenvalue weighted by atomic mass is 35.5. The van der Waals surface area contributed by atoms with Crippen molar-refractivity contribution in [2.75, 3.05) is 36.9 Å². The number of hydrogen-bond acceptors (Lipinski definition) is 8. The van der Waals surface area contributed by atoms with Gasteiger partial charge in [0.2, 0.25) is 10.0 Å². The molecule has 0 atom stereocenters. The Kier molecular flexibility index (Phi) is 15.5. The van der Waals surface area contributed by atoms with Crippen molar-refractivity contribution in [2.45, 2.75) is 102 Å².